The topological polar surface area (TPSA) is 72.4 Å². The van der Waals surface area contributed by atoms with E-state index in [4.69, 9.17) is 16.3 Å². The Morgan fingerprint density at radius 3 is 2.76 bits per heavy atom. The SMILES string of the molecule is C[C@H]1COCCN1c1cc(CS(=O)(=O)CC=CC(C)(C)C)nc(Cl)n1. The van der Waals surface area contributed by atoms with Crippen LogP contribution >= 0.6 is 11.6 Å². The molecule has 1 atom stereocenters. The molecule has 1 saturated heterocycles. The maximum absolute atomic E-state index is 12.4. The summed E-state index contributed by atoms with van der Waals surface area (Å²) in [4.78, 5) is 10.4. The minimum Gasteiger partial charge on any atom is -0.377 e. The van der Waals surface area contributed by atoms with Crippen LogP contribution in [0.1, 0.15) is 33.4 Å². The summed E-state index contributed by atoms with van der Waals surface area (Å²) in [5.74, 6) is 0.469. The van der Waals surface area contributed by atoms with E-state index in [0.29, 0.717) is 31.3 Å². The highest BCUT2D eigenvalue weighted by Crippen LogP contribution is 2.21. The summed E-state index contributed by atoms with van der Waals surface area (Å²) in [7, 11) is -3.31. The summed E-state index contributed by atoms with van der Waals surface area (Å²) in [5.41, 5.74) is 0.366. The lowest BCUT2D eigenvalue weighted by Crippen LogP contribution is -2.44. The van der Waals surface area contributed by atoms with E-state index in [1.165, 1.54) is 0 Å². The van der Waals surface area contributed by atoms with Gasteiger partial charge < -0.3 is 9.64 Å². The molecule has 140 valence electrons. The van der Waals surface area contributed by atoms with Gasteiger partial charge in [-0.05, 0) is 23.9 Å². The van der Waals surface area contributed by atoms with Gasteiger partial charge in [-0.2, -0.15) is 0 Å². The van der Waals surface area contributed by atoms with E-state index in [1.807, 2.05) is 33.8 Å². The van der Waals surface area contributed by atoms with Crippen LogP contribution < -0.4 is 4.90 Å². The fourth-order valence-corrected chi connectivity index (χ4v) is 3.87. The fraction of sp³-hybridized carbons (Fsp3) is 0.647. The number of nitrogens with zero attached hydrogens (tertiary/aromatic N) is 3. The number of sulfone groups is 1. The zero-order valence-electron chi connectivity index (χ0n) is 15.2. The van der Waals surface area contributed by atoms with E-state index in [9.17, 15) is 8.42 Å². The zero-order chi connectivity index (χ0) is 18.7. The molecule has 0 bridgehead atoms. The maximum atomic E-state index is 12.4. The lowest BCUT2D eigenvalue weighted by Gasteiger charge is -2.34. The predicted octanol–water partition coefficient (Wildman–Crippen LogP) is 2.87. The lowest BCUT2D eigenvalue weighted by atomic mass is 9.97. The Kier molecular flexibility index (Phi) is 6.45. The second-order valence-electron chi connectivity index (χ2n) is 7.43. The summed E-state index contributed by atoms with van der Waals surface area (Å²) < 4.78 is 30.1. The highest BCUT2D eigenvalue weighted by atomic mass is 35.5. The van der Waals surface area contributed by atoms with Crippen LogP contribution in [0.25, 0.3) is 0 Å². The number of anilines is 1. The molecule has 8 heteroatoms. The Morgan fingerprint density at radius 1 is 1.40 bits per heavy atom. The smallest absolute Gasteiger partial charge is 0.224 e. The third-order valence-electron chi connectivity index (χ3n) is 3.74. The molecule has 0 aliphatic carbocycles. The molecule has 0 spiro atoms. The standard InChI is InChI=1S/C17H26ClN3O3S/c1-13-11-24-8-7-21(13)15-10-14(19-16(18)20-15)12-25(22,23)9-5-6-17(2,3)4/h5-6,10,13H,7-9,11-12H2,1-4H3/t13-/m0/s1. The first kappa shape index (κ1) is 20.1. The van der Waals surface area contributed by atoms with Gasteiger partial charge in [-0.1, -0.05) is 32.9 Å². The van der Waals surface area contributed by atoms with Crippen molar-refractivity contribution in [3.05, 3.63) is 29.2 Å². The Balaban J connectivity index is 2.15. The molecule has 0 radical (unpaired) electrons. The van der Waals surface area contributed by atoms with Gasteiger partial charge in [0.15, 0.2) is 9.84 Å². The van der Waals surface area contributed by atoms with Crippen molar-refractivity contribution in [2.75, 3.05) is 30.4 Å². The van der Waals surface area contributed by atoms with E-state index in [1.54, 1.807) is 12.1 Å². The van der Waals surface area contributed by atoms with Crippen molar-refractivity contribution < 1.29 is 13.2 Å². The van der Waals surface area contributed by atoms with Crippen LogP contribution in [0, 0.1) is 5.41 Å². The van der Waals surface area contributed by atoms with E-state index < -0.39 is 9.84 Å². The van der Waals surface area contributed by atoms with Crippen molar-refractivity contribution in [2.24, 2.45) is 5.41 Å². The van der Waals surface area contributed by atoms with Crippen LogP contribution in [0.5, 0.6) is 0 Å². The Bertz CT molecular complexity index is 729. The van der Waals surface area contributed by atoms with Crippen LogP contribution in [0.3, 0.4) is 0 Å². The summed E-state index contributed by atoms with van der Waals surface area (Å²) >= 11 is 6.02. The quantitative estimate of drug-likeness (QED) is 0.571. The summed E-state index contributed by atoms with van der Waals surface area (Å²) in [6.07, 6.45) is 3.60. The van der Waals surface area contributed by atoms with E-state index in [0.717, 1.165) is 0 Å². The average Bonchev–Trinajstić information content (AvgIpc) is 2.44. The van der Waals surface area contributed by atoms with Gasteiger partial charge in [0.25, 0.3) is 0 Å². The minimum atomic E-state index is -3.31. The van der Waals surface area contributed by atoms with E-state index in [2.05, 4.69) is 14.9 Å². The van der Waals surface area contributed by atoms with Gasteiger partial charge in [-0.3, -0.25) is 0 Å². The number of morpholine rings is 1. The lowest BCUT2D eigenvalue weighted by molar-refractivity contribution is 0.0985. The van der Waals surface area contributed by atoms with Crippen molar-refractivity contribution in [3.8, 4) is 0 Å². The third-order valence-corrected chi connectivity index (χ3v) is 5.34. The van der Waals surface area contributed by atoms with Crippen LogP contribution in [-0.2, 0) is 20.3 Å². The summed E-state index contributed by atoms with van der Waals surface area (Å²) in [6, 6.07) is 1.86. The largest absolute Gasteiger partial charge is 0.377 e. The molecule has 0 saturated carbocycles. The number of hydrogen-bond donors (Lipinski definition) is 0. The number of allylic oxidation sites excluding steroid dienone is 1. The first-order valence-electron chi connectivity index (χ1n) is 8.32. The number of ether oxygens (including phenoxy) is 1. The molecule has 1 aromatic rings. The van der Waals surface area contributed by atoms with Crippen molar-refractivity contribution in [1.82, 2.24) is 9.97 Å². The molecular formula is C17H26ClN3O3S. The second-order valence-corrected chi connectivity index (χ2v) is 9.87. The average molecular weight is 388 g/mol. The number of aromatic nitrogens is 2. The first-order valence-corrected chi connectivity index (χ1v) is 10.5. The molecule has 0 aromatic carbocycles. The molecule has 2 heterocycles. The molecule has 2 rings (SSSR count). The fourth-order valence-electron chi connectivity index (χ4n) is 2.57. The van der Waals surface area contributed by atoms with Gasteiger partial charge in [-0.25, -0.2) is 18.4 Å². The van der Waals surface area contributed by atoms with Gasteiger partial charge in [0.1, 0.15) is 5.82 Å². The third kappa shape index (κ3) is 6.56. The monoisotopic (exact) mass is 387 g/mol. The van der Waals surface area contributed by atoms with Crippen LogP contribution in [0.2, 0.25) is 5.28 Å². The van der Waals surface area contributed by atoms with Crippen LogP contribution in [0.15, 0.2) is 18.2 Å². The number of rotatable bonds is 5. The summed E-state index contributed by atoms with van der Waals surface area (Å²) in [6.45, 7) is 10.0. The minimum absolute atomic E-state index is 0.0187. The molecule has 1 aromatic heterocycles. The Labute approximate surface area is 155 Å². The molecule has 1 fully saturated rings. The van der Waals surface area contributed by atoms with E-state index in [-0.39, 0.29) is 28.2 Å². The normalized spacial score (nSPS) is 19.6. The van der Waals surface area contributed by atoms with Gasteiger partial charge in [0.05, 0.1) is 36.5 Å². The molecule has 0 unspecified atom stereocenters. The highest BCUT2D eigenvalue weighted by molar-refractivity contribution is 7.90. The molecular weight excluding hydrogens is 362 g/mol. The van der Waals surface area contributed by atoms with Crippen molar-refractivity contribution >= 4 is 27.3 Å². The van der Waals surface area contributed by atoms with Crippen molar-refractivity contribution in [1.29, 1.82) is 0 Å². The Morgan fingerprint density at radius 2 is 2.12 bits per heavy atom. The first-order chi connectivity index (χ1) is 11.6. The molecule has 0 amide bonds. The van der Waals surface area contributed by atoms with Crippen LogP contribution in [0.4, 0.5) is 5.82 Å². The summed E-state index contributed by atoms with van der Waals surface area (Å²) in [5, 5.41) is 0.0617. The molecule has 0 N–H and O–H groups in total. The van der Waals surface area contributed by atoms with Gasteiger partial charge in [0.2, 0.25) is 5.28 Å². The van der Waals surface area contributed by atoms with E-state index >= 15 is 0 Å². The Hall–Kier alpha value is -1.18. The van der Waals surface area contributed by atoms with Crippen molar-refractivity contribution in [3.63, 3.8) is 0 Å². The maximum Gasteiger partial charge on any atom is 0.224 e. The zero-order valence-corrected chi connectivity index (χ0v) is 16.8. The molecule has 6 nitrogen and oxygen atoms in total. The molecule has 1 aliphatic rings. The predicted molar refractivity (Wildman–Crippen MR) is 101 cm³/mol. The number of halogens is 1. The molecule has 1 aliphatic heterocycles. The van der Waals surface area contributed by atoms with Crippen molar-refractivity contribution in [2.45, 2.75) is 39.5 Å². The van der Waals surface area contributed by atoms with Crippen LogP contribution in [-0.4, -0.2) is 49.9 Å². The second kappa shape index (κ2) is 8.01. The van der Waals surface area contributed by atoms with Gasteiger partial charge in [-0.15, -0.1) is 0 Å². The highest BCUT2D eigenvalue weighted by Gasteiger charge is 2.22. The number of hydrogen-bond acceptors (Lipinski definition) is 6. The molecule has 25 heavy (non-hydrogen) atoms. The van der Waals surface area contributed by atoms with Gasteiger partial charge >= 0.3 is 0 Å². The van der Waals surface area contributed by atoms with Gasteiger partial charge in [0, 0.05) is 12.6 Å².